The molecule has 12 heteroatoms. The topological polar surface area (TPSA) is 76.7 Å². The lowest BCUT2D eigenvalue weighted by atomic mass is 10.0. The molecule has 1 atom stereocenters. The van der Waals surface area contributed by atoms with E-state index in [9.17, 15) is 35.9 Å². The van der Waals surface area contributed by atoms with E-state index in [0.717, 1.165) is 31.4 Å². The second-order valence-electron chi connectivity index (χ2n) is 7.19. The van der Waals surface area contributed by atoms with Crippen LogP contribution in [-0.2, 0) is 10.7 Å². The zero-order valence-electron chi connectivity index (χ0n) is 17.1. The minimum absolute atomic E-state index is 0.0298. The Morgan fingerprint density at radius 2 is 1.79 bits per heavy atom. The largest absolute Gasteiger partial charge is 0.493 e. The third kappa shape index (κ3) is 5.32. The Labute approximate surface area is 183 Å². The van der Waals surface area contributed by atoms with Gasteiger partial charge in [0.05, 0.1) is 12.7 Å². The van der Waals surface area contributed by atoms with Crippen LogP contribution in [0, 0.1) is 5.82 Å². The molecule has 0 aromatic heterocycles. The van der Waals surface area contributed by atoms with E-state index < -0.39 is 41.2 Å². The zero-order valence-corrected chi connectivity index (χ0v) is 17.1. The van der Waals surface area contributed by atoms with E-state index in [0.29, 0.717) is 25.1 Å². The van der Waals surface area contributed by atoms with Crippen molar-refractivity contribution in [2.45, 2.75) is 31.0 Å². The molecular weight excluding hydrogens is 458 g/mol. The number of ether oxygens (including phenoxy) is 2. The SMILES string of the molecule is COc1cc(F)ccc1Oc1cc(C(F)(F)C(F)(F)F)ccc1C(=O)NC1CCNC(=O)C1. The molecule has 33 heavy (non-hydrogen) atoms. The lowest BCUT2D eigenvalue weighted by molar-refractivity contribution is -0.289. The van der Waals surface area contributed by atoms with E-state index in [-0.39, 0.29) is 29.4 Å². The molecule has 1 aliphatic heterocycles. The van der Waals surface area contributed by atoms with Crippen molar-refractivity contribution in [3.8, 4) is 17.2 Å². The van der Waals surface area contributed by atoms with E-state index in [1.807, 2.05) is 0 Å². The molecule has 6 nitrogen and oxygen atoms in total. The normalized spacial score (nSPS) is 16.7. The second kappa shape index (κ2) is 9.20. The molecule has 3 rings (SSSR count). The number of rotatable bonds is 6. The number of methoxy groups -OCH3 is 1. The van der Waals surface area contributed by atoms with Crippen LogP contribution in [0.25, 0.3) is 0 Å². The van der Waals surface area contributed by atoms with Gasteiger partial charge in [-0.05, 0) is 30.7 Å². The maximum absolute atomic E-state index is 13.9. The van der Waals surface area contributed by atoms with Crippen LogP contribution in [0.3, 0.4) is 0 Å². The molecule has 2 N–H and O–H groups in total. The molecule has 1 unspecified atom stereocenters. The third-order valence-electron chi connectivity index (χ3n) is 4.87. The van der Waals surface area contributed by atoms with Gasteiger partial charge in [-0.1, -0.05) is 6.07 Å². The van der Waals surface area contributed by atoms with Crippen molar-refractivity contribution in [1.29, 1.82) is 0 Å². The lowest BCUT2D eigenvalue weighted by Crippen LogP contribution is -2.45. The highest BCUT2D eigenvalue weighted by Crippen LogP contribution is 2.45. The third-order valence-corrected chi connectivity index (χ3v) is 4.87. The number of amides is 2. The predicted octanol–water partition coefficient (Wildman–Crippen LogP) is 4.29. The highest BCUT2D eigenvalue weighted by molar-refractivity contribution is 5.97. The maximum atomic E-state index is 13.9. The summed E-state index contributed by atoms with van der Waals surface area (Å²) in [6.45, 7) is 0.302. The van der Waals surface area contributed by atoms with Gasteiger partial charge in [-0.3, -0.25) is 9.59 Å². The van der Waals surface area contributed by atoms with Gasteiger partial charge in [-0.2, -0.15) is 22.0 Å². The molecule has 2 aromatic carbocycles. The molecule has 2 amide bonds. The first-order valence-electron chi connectivity index (χ1n) is 9.60. The van der Waals surface area contributed by atoms with Gasteiger partial charge in [-0.15, -0.1) is 0 Å². The average Bonchev–Trinajstić information content (AvgIpc) is 2.74. The molecule has 1 heterocycles. The monoisotopic (exact) mass is 476 g/mol. The van der Waals surface area contributed by atoms with Crippen molar-refractivity contribution in [2.75, 3.05) is 13.7 Å². The van der Waals surface area contributed by atoms with Crippen LogP contribution in [-0.4, -0.2) is 37.7 Å². The summed E-state index contributed by atoms with van der Waals surface area (Å²) in [6, 6.07) is 3.96. The molecule has 0 bridgehead atoms. The molecule has 1 saturated heterocycles. The van der Waals surface area contributed by atoms with Crippen LogP contribution in [0.4, 0.5) is 26.3 Å². The van der Waals surface area contributed by atoms with Crippen LogP contribution < -0.4 is 20.1 Å². The van der Waals surface area contributed by atoms with E-state index >= 15 is 0 Å². The van der Waals surface area contributed by atoms with E-state index in [4.69, 9.17) is 9.47 Å². The second-order valence-corrected chi connectivity index (χ2v) is 7.19. The van der Waals surface area contributed by atoms with Crippen LogP contribution >= 0.6 is 0 Å². The summed E-state index contributed by atoms with van der Waals surface area (Å²) >= 11 is 0. The summed E-state index contributed by atoms with van der Waals surface area (Å²) < 4.78 is 90.3. The van der Waals surface area contributed by atoms with Gasteiger partial charge in [0.25, 0.3) is 5.91 Å². The summed E-state index contributed by atoms with van der Waals surface area (Å²) in [7, 11) is 1.16. The number of nitrogens with one attached hydrogen (secondary N) is 2. The first-order chi connectivity index (χ1) is 15.4. The Morgan fingerprint density at radius 3 is 2.42 bits per heavy atom. The predicted molar refractivity (Wildman–Crippen MR) is 103 cm³/mol. The number of carbonyl (C=O) groups excluding carboxylic acids is 2. The van der Waals surface area contributed by atoms with Crippen LogP contribution in [0.5, 0.6) is 17.2 Å². The minimum Gasteiger partial charge on any atom is -0.493 e. The van der Waals surface area contributed by atoms with Crippen molar-refractivity contribution in [1.82, 2.24) is 10.6 Å². The fraction of sp³-hybridized carbons (Fsp3) is 0.333. The summed E-state index contributed by atoms with van der Waals surface area (Å²) in [5, 5.41) is 5.11. The molecule has 0 spiro atoms. The fourth-order valence-electron chi connectivity index (χ4n) is 3.17. The van der Waals surface area contributed by atoms with Gasteiger partial charge in [0.15, 0.2) is 11.5 Å². The van der Waals surface area contributed by atoms with Crippen molar-refractivity contribution in [2.24, 2.45) is 0 Å². The number of piperidine rings is 1. The Morgan fingerprint density at radius 1 is 1.06 bits per heavy atom. The van der Waals surface area contributed by atoms with Crippen molar-refractivity contribution in [3.63, 3.8) is 0 Å². The quantitative estimate of drug-likeness (QED) is 0.610. The number of alkyl halides is 5. The average molecular weight is 476 g/mol. The Balaban J connectivity index is 2.01. The molecular formula is C21H18F6N2O4. The summed E-state index contributed by atoms with van der Waals surface area (Å²) in [5.74, 6) is -8.15. The Kier molecular flexibility index (Phi) is 6.75. The molecule has 178 valence electrons. The van der Waals surface area contributed by atoms with Crippen LogP contribution in [0.2, 0.25) is 0 Å². The van der Waals surface area contributed by atoms with Crippen LogP contribution in [0.1, 0.15) is 28.8 Å². The smallest absolute Gasteiger partial charge is 0.458 e. The molecule has 1 fully saturated rings. The standard InChI is InChI=1S/C21H18F6N2O4/c1-32-17-9-12(22)3-5-15(17)33-16-8-11(20(23,24)21(25,26)27)2-4-14(16)19(31)29-13-6-7-28-18(30)10-13/h2-5,8-9,13H,6-7,10H2,1H3,(H,28,30)(H,29,31). The lowest BCUT2D eigenvalue weighted by Gasteiger charge is -2.24. The highest BCUT2D eigenvalue weighted by atomic mass is 19.4. The van der Waals surface area contributed by atoms with E-state index in [2.05, 4.69) is 10.6 Å². The number of carbonyl (C=O) groups is 2. The van der Waals surface area contributed by atoms with Gasteiger partial charge < -0.3 is 20.1 Å². The molecule has 1 aliphatic rings. The Hall–Kier alpha value is -3.44. The molecule has 0 radical (unpaired) electrons. The highest BCUT2D eigenvalue weighted by Gasteiger charge is 2.58. The number of hydrogen-bond donors (Lipinski definition) is 2. The van der Waals surface area contributed by atoms with Crippen LogP contribution in [0.15, 0.2) is 36.4 Å². The summed E-state index contributed by atoms with van der Waals surface area (Å²) in [4.78, 5) is 24.3. The van der Waals surface area contributed by atoms with Crippen molar-refractivity contribution < 1.29 is 45.4 Å². The van der Waals surface area contributed by atoms with E-state index in [1.54, 1.807) is 0 Å². The van der Waals surface area contributed by atoms with Crippen molar-refractivity contribution >= 4 is 11.8 Å². The first-order valence-corrected chi connectivity index (χ1v) is 9.60. The summed E-state index contributed by atoms with van der Waals surface area (Å²) in [5.41, 5.74) is -1.83. The number of hydrogen-bond acceptors (Lipinski definition) is 4. The number of benzene rings is 2. The minimum atomic E-state index is -5.89. The van der Waals surface area contributed by atoms with Crippen molar-refractivity contribution in [3.05, 3.63) is 53.3 Å². The van der Waals surface area contributed by atoms with Gasteiger partial charge in [-0.25, -0.2) is 4.39 Å². The van der Waals surface area contributed by atoms with E-state index in [1.165, 1.54) is 0 Å². The first kappa shape index (κ1) is 24.2. The molecule has 2 aromatic rings. The summed E-state index contributed by atoms with van der Waals surface area (Å²) in [6.07, 6.45) is -5.53. The van der Waals surface area contributed by atoms with Gasteiger partial charge in [0.2, 0.25) is 5.91 Å². The fourth-order valence-corrected chi connectivity index (χ4v) is 3.17. The van der Waals surface area contributed by atoms with Gasteiger partial charge in [0.1, 0.15) is 11.6 Å². The number of halogens is 6. The molecule has 0 aliphatic carbocycles. The Bertz CT molecular complexity index is 1060. The molecule has 0 saturated carbocycles. The zero-order chi connectivity index (χ0) is 24.4. The maximum Gasteiger partial charge on any atom is 0.458 e. The van der Waals surface area contributed by atoms with Gasteiger partial charge in [0, 0.05) is 30.6 Å². The van der Waals surface area contributed by atoms with Gasteiger partial charge >= 0.3 is 12.1 Å².